The van der Waals surface area contributed by atoms with Crippen LogP contribution >= 0.6 is 0 Å². The number of likely N-dealkylation sites (N-methyl/N-ethyl adjacent to an activating group) is 1. The molecule has 0 aliphatic carbocycles. The number of nitrogens with one attached hydrogen (secondary N) is 2. The minimum absolute atomic E-state index is 0.339. The number of Topliss-reactive ketones (excluding diaryl/α,β-unsaturated/α-hetero) is 1. The second-order valence-corrected chi connectivity index (χ2v) is 6.62. The zero-order valence-electron chi connectivity index (χ0n) is 16.1. The van der Waals surface area contributed by atoms with Gasteiger partial charge in [0.25, 0.3) is 0 Å². The third-order valence-electron chi connectivity index (χ3n) is 5.42. The second kappa shape index (κ2) is 10.5. The van der Waals surface area contributed by atoms with Crippen molar-refractivity contribution in [3.05, 3.63) is 0 Å². The molecule has 0 amide bonds. The van der Waals surface area contributed by atoms with Crippen molar-refractivity contribution in [2.24, 2.45) is 5.73 Å². The summed E-state index contributed by atoms with van der Waals surface area (Å²) in [5.41, 5.74) is 4.45. The molecule has 8 N–H and O–H groups in total. The molecule has 8 heteroatoms. The molecule has 0 aromatic rings. The molecule has 4 unspecified atom stereocenters. The number of carbonyl (C=O) groups excluding carboxylic acids is 1. The molecule has 0 radical (unpaired) electrons. The average Bonchev–Trinajstić information content (AvgIpc) is 2.65. The summed E-state index contributed by atoms with van der Waals surface area (Å²) < 4.78 is 0. The Bertz CT molecular complexity index is 391. The number of aliphatic hydroxyl groups is 4. The quantitative estimate of drug-likeness (QED) is 0.203. The summed E-state index contributed by atoms with van der Waals surface area (Å²) in [6.45, 7) is 6.70. The number of ketones is 1. The van der Waals surface area contributed by atoms with Crippen molar-refractivity contribution in [2.75, 3.05) is 13.7 Å². The summed E-state index contributed by atoms with van der Waals surface area (Å²) in [5.74, 6) is -0.339. The summed E-state index contributed by atoms with van der Waals surface area (Å²) in [6.07, 6.45) is -2.90. The molecular formula is C17H37N3O5. The highest BCUT2D eigenvalue weighted by Crippen LogP contribution is 2.22. The highest BCUT2D eigenvalue weighted by atomic mass is 16.4. The van der Waals surface area contributed by atoms with Crippen LogP contribution in [0.3, 0.4) is 0 Å². The van der Waals surface area contributed by atoms with Gasteiger partial charge in [-0.2, -0.15) is 0 Å². The van der Waals surface area contributed by atoms with Crippen molar-refractivity contribution in [3.8, 4) is 0 Å². The third kappa shape index (κ3) is 5.68. The molecule has 0 fully saturated rings. The minimum Gasteiger partial charge on any atom is -0.394 e. The number of hydrogen-bond acceptors (Lipinski definition) is 8. The van der Waals surface area contributed by atoms with Crippen molar-refractivity contribution < 1.29 is 25.2 Å². The van der Waals surface area contributed by atoms with Crippen LogP contribution in [0.4, 0.5) is 0 Å². The van der Waals surface area contributed by atoms with E-state index in [9.17, 15) is 20.1 Å². The van der Waals surface area contributed by atoms with Crippen molar-refractivity contribution in [1.29, 1.82) is 0 Å². The lowest BCUT2D eigenvalue weighted by molar-refractivity contribution is -0.139. The average molecular weight is 363 g/mol. The fraction of sp³-hybridized carbons (Fsp3) is 0.941. The number of rotatable bonds is 13. The lowest BCUT2D eigenvalue weighted by atomic mass is 9.80. The molecule has 0 heterocycles. The first-order valence-electron chi connectivity index (χ1n) is 9.06. The largest absolute Gasteiger partial charge is 0.394 e. The maximum atomic E-state index is 13.2. The van der Waals surface area contributed by atoms with Gasteiger partial charge in [-0.3, -0.25) is 10.1 Å². The first kappa shape index (κ1) is 24.4. The van der Waals surface area contributed by atoms with Crippen LogP contribution < -0.4 is 16.4 Å². The van der Waals surface area contributed by atoms with Crippen molar-refractivity contribution in [1.82, 2.24) is 10.6 Å². The Kier molecular flexibility index (Phi) is 10.3. The van der Waals surface area contributed by atoms with E-state index in [0.717, 1.165) is 0 Å². The lowest BCUT2D eigenvalue weighted by Gasteiger charge is -2.41. The molecule has 0 aliphatic heterocycles. The van der Waals surface area contributed by atoms with E-state index in [1.54, 1.807) is 7.05 Å². The third-order valence-corrected chi connectivity index (χ3v) is 5.42. The van der Waals surface area contributed by atoms with Gasteiger partial charge in [-0.05, 0) is 32.7 Å². The van der Waals surface area contributed by atoms with Crippen LogP contribution in [0.1, 0.15) is 53.4 Å². The van der Waals surface area contributed by atoms with Crippen molar-refractivity contribution in [2.45, 2.75) is 88.9 Å². The van der Waals surface area contributed by atoms with E-state index in [4.69, 9.17) is 10.8 Å². The number of nitrogens with two attached hydrogens (primary N) is 1. The van der Waals surface area contributed by atoms with E-state index in [0.29, 0.717) is 25.7 Å². The van der Waals surface area contributed by atoms with Gasteiger partial charge in [-0.25, -0.2) is 0 Å². The van der Waals surface area contributed by atoms with Crippen LogP contribution in [-0.4, -0.2) is 75.4 Å². The van der Waals surface area contributed by atoms with Crippen LogP contribution in [0.15, 0.2) is 0 Å². The van der Waals surface area contributed by atoms with E-state index >= 15 is 0 Å². The highest BCUT2D eigenvalue weighted by molar-refractivity contribution is 5.93. The molecule has 0 bridgehead atoms. The standard InChI is InChI=1S/C17H37N3O5/c1-6-16(7-2,19-5)15(25)12(20-17(18,8-3)9-4)14(24)13(23)11(22)10-21/h11-14,19-24H,6-10,18H2,1-5H3. The SMILES string of the molecule is CCC(N)(CC)NC(C(=O)C(CC)(CC)NC)C(O)C(O)C(O)CO. The Balaban J connectivity index is 5.86. The van der Waals surface area contributed by atoms with Crippen LogP contribution in [-0.2, 0) is 4.79 Å². The molecule has 25 heavy (non-hydrogen) atoms. The van der Waals surface area contributed by atoms with Crippen LogP contribution in [0.5, 0.6) is 0 Å². The van der Waals surface area contributed by atoms with Gasteiger partial charge >= 0.3 is 0 Å². The van der Waals surface area contributed by atoms with Crippen molar-refractivity contribution >= 4 is 5.78 Å². The Morgan fingerprint density at radius 1 is 1.00 bits per heavy atom. The molecule has 0 saturated heterocycles. The predicted molar refractivity (Wildman–Crippen MR) is 96.9 cm³/mol. The molecule has 0 rings (SSSR count). The molecule has 150 valence electrons. The van der Waals surface area contributed by atoms with Gasteiger partial charge < -0.3 is 31.5 Å². The van der Waals surface area contributed by atoms with Gasteiger partial charge in [0, 0.05) is 0 Å². The normalized spacial score (nSPS) is 17.8. The minimum atomic E-state index is -1.69. The fourth-order valence-corrected chi connectivity index (χ4v) is 2.98. The van der Waals surface area contributed by atoms with Gasteiger partial charge in [0.2, 0.25) is 0 Å². The molecule has 0 aliphatic rings. The zero-order chi connectivity index (χ0) is 19.8. The highest BCUT2D eigenvalue weighted by Gasteiger charge is 2.45. The number of aliphatic hydroxyl groups excluding tert-OH is 4. The number of hydrogen-bond donors (Lipinski definition) is 7. The maximum absolute atomic E-state index is 13.2. The van der Waals surface area contributed by atoms with E-state index in [1.165, 1.54) is 0 Å². The maximum Gasteiger partial charge on any atom is 0.172 e. The van der Waals surface area contributed by atoms with Crippen LogP contribution in [0, 0.1) is 0 Å². The summed E-state index contributed by atoms with van der Waals surface area (Å²) in [7, 11) is 1.67. The van der Waals surface area contributed by atoms with Gasteiger partial charge in [-0.1, -0.05) is 27.7 Å². The Morgan fingerprint density at radius 3 is 1.80 bits per heavy atom. The summed E-state index contributed by atoms with van der Waals surface area (Å²) in [4.78, 5) is 13.2. The summed E-state index contributed by atoms with van der Waals surface area (Å²) in [5, 5.41) is 45.4. The first-order valence-corrected chi connectivity index (χ1v) is 9.06. The monoisotopic (exact) mass is 363 g/mol. The molecule has 0 spiro atoms. The first-order chi connectivity index (χ1) is 11.6. The number of carbonyl (C=O) groups is 1. The molecule has 0 saturated carbocycles. The Morgan fingerprint density at radius 2 is 1.48 bits per heavy atom. The molecule has 0 aromatic carbocycles. The molecular weight excluding hydrogens is 326 g/mol. The molecule has 0 aromatic heterocycles. The van der Waals surface area contributed by atoms with Gasteiger partial charge in [0.1, 0.15) is 18.3 Å². The van der Waals surface area contributed by atoms with E-state index in [1.807, 2.05) is 27.7 Å². The van der Waals surface area contributed by atoms with Gasteiger partial charge in [0.15, 0.2) is 5.78 Å². The second-order valence-electron chi connectivity index (χ2n) is 6.62. The fourth-order valence-electron chi connectivity index (χ4n) is 2.98. The zero-order valence-corrected chi connectivity index (χ0v) is 16.1. The smallest absolute Gasteiger partial charge is 0.172 e. The summed E-state index contributed by atoms with van der Waals surface area (Å²) in [6, 6.07) is -1.20. The topological polar surface area (TPSA) is 148 Å². The Hall–Kier alpha value is -0.610. The van der Waals surface area contributed by atoms with Crippen LogP contribution in [0.2, 0.25) is 0 Å². The molecule has 8 nitrogen and oxygen atoms in total. The van der Waals surface area contributed by atoms with E-state index in [2.05, 4.69) is 10.6 Å². The predicted octanol–water partition coefficient (Wildman–Crippen LogP) is -1.16. The van der Waals surface area contributed by atoms with E-state index < -0.39 is 42.2 Å². The van der Waals surface area contributed by atoms with Gasteiger partial charge in [0.05, 0.1) is 23.9 Å². The van der Waals surface area contributed by atoms with Gasteiger partial charge in [-0.15, -0.1) is 0 Å². The van der Waals surface area contributed by atoms with E-state index in [-0.39, 0.29) is 5.78 Å². The van der Waals surface area contributed by atoms with Crippen molar-refractivity contribution in [3.63, 3.8) is 0 Å². The van der Waals surface area contributed by atoms with Crippen LogP contribution in [0.25, 0.3) is 0 Å². The summed E-state index contributed by atoms with van der Waals surface area (Å²) >= 11 is 0. The lowest BCUT2D eigenvalue weighted by Crippen LogP contribution is -2.69. The molecule has 4 atom stereocenters. The Labute approximate surface area is 150 Å².